The van der Waals surface area contributed by atoms with Gasteiger partial charge in [0, 0.05) is 23.2 Å². The number of hydrogen-bond donors (Lipinski definition) is 0. The van der Waals surface area contributed by atoms with Crippen LogP contribution in [0.3, 0.4) is 0 Å². The maximum absolute atomic E-state index is 12.2. The summed E-state index contributed by atoms with van der Waals surface area (Å²) in [5.41, 5.74) is 0.518. The van der Waals surface area contributed by atoms with Gasteiger partial charge in [0.2, 0.25) is 0 Å². The van der Waals surface area contributed by atoms with E-state index in [4.69, 9.17) is 27.9 Å². The first-order chi connectivity index (χ1) is 8.99. The lowest BCUT2D eigenvalue weighted by Gasteiger charge is -2.25. The van der Waals surface area contributed by atoms with Gasteiger partial charge in [0.25, 0.3) is 0 Å². The summed E-state index contributed by atoms with van der Waals surface area (Å²) in [4.78, 5) is 14.3. The Labute approximate surface area is 123 Å². The lowest BCUT2D eigenvalue weighted by atomic mass is 10.1. The number of rotatable bonds is 4. The molecular formula is C14H17Cl2NO2. The summed E-state index contributed by atoms with van der Waals surface area (Å²) < 4.78 is 5.52. The van der Waals surface area contributed by atoms with Gasteiger partial charge in [0.05, 0.1) is 17.7 Å². The summed E-state index contributed by atoms with van der Waals surface area (Å²) in [7, 11) is 1.94. The van der Waals surface area contributed by atoms with Gasteiger partial charge in [-0.1, -0.05) is 23.2 Å². The van der Waals surface area contributed by atoms with E-state index in [0.717, 1.165) is 13.0 Å². The van der Waals surface area contributed by atoms with Crippen molar-refractivity contribution < 1.29 is 9.53 Å². The number of hydrogen-bond acceptors (Lipinski definition) is 3. The molecule has 0 aromatic heterocycles. The molecule has 1 aromatic carbocycles. The third-order valence-electron chi connectivity index (χ3n) is 3.53. The fourth-order valence-corrected chi connectivity index (χ4v) is 2.96. The molecule has 1 saturated heterocycles. The topological polar surface area (TPSA) is 29.5 Å². The Morgan fingerprint density at radius 3 is 2.79 bits per heavy atom. The molecule has 2 atom stereocenters. The summed E-state index contributed by atoms with van der Waals surface area (Å²) in [6, 6.07) is 5.24. The number of Topliss-reactive ketones (excluding diaryl/α,β-unsaturated/α-hetero) is 1. The summed E-state index contributed by atoms with van der Waals surface area (Å²) >= 11 is 11.9. The molecule has 2 unspecified atom stereocenters. The first kappa shape index (κ1) is 14.8. The van der Waals surface area contributed by atoms with Crippen LogP contribution >= 0.6 is 23.2 Å². The minimum absolute atomic E-state index is 0.00302. The van der Waals surface area contributed by atoms with Crippen molar-refractivity contribution in [2.24, 2.45) is 0 Å². The fraction of sp³-hybridized carbons (Fsp3) is 0.500. The van der Waals surface area contributed by atoms with Gasteiger partial charge in [-0.25, -0.2) is 0 Å². The summed E-state index contributed by atoms with van der Waals surface area (Å²) in [6.07, 6.45) is 1.12. The van der Waals surface area contributed by atoms with Crippen molar-refractivity contribution in [3.8, 4) is 0 Å². The van der Waals surface area contributed by atoms with Gasteiger partial charge >= 0.3 is 0 Å². The Morgan fingerprint density at radius 2 is 2.21 bits per heavy atom. The van der Waals surface area contributed by atoms with Crippen LogP contribution in [0.1, 0.15) is 23.7 Å². The van der Waals surface area contributed by atoms with Crippen LogP contribution in [0.25, 0.3) is 0 Å². The second-order valence-electron chi connectivity index (χ2n) is 4.89. The lowest BCUT2D eigenvalue weighted by Crippen LogP contribution is -2.39. The molecule has 1 aliphatic heterocycles. The summed E-state index contributed by atoms with van der Waals surface area (Å²) in [6.45, 7) is 3.12. The number of ketones is 1. The third-order valence-corrected chi connectivity index (χ3v) is 4.07. The standard InChI is InChI=1S/C14H17Cl2NO2/c1-9-13(5-6-19-9)17(2)8-14(18)11-4-3-10(15)7-12(11)16/h3-4,7,9,13H,5-6,8H2,1-2H3. The molecule has 104 valence electrons. The van der Waals surface area contributed by atoms with Gasteiger partial charge < -0.3 is 4.74 Å². The molecule has 1 heterocycles. The molecule has 19 heavy (non-hydrogen) atoms. The normalized spacial score (nSPS) is 23.0. The molecule has 3 nitrogen and oxygen atoms in total. The van der Waals surface area contributed by atoms with Crippen molar-refractivity contribution in [1.29, 1.82) is 0 Å². The maximum atomic E-state index is 12.2. The number of carbonyl (C=O) groups excluding carboxylic acids is 1. The number of halogens is 2. The number of carbonyl (C=O) groups is 1. The molecular weight excluding hydrogens is 285 g/mol. The first-order valence-corrected chi connectivity index (χ1v) is 7.04. The van der Waals surface area contributed by atoms with Crippen LogP contribution in [-0.4, -0.2) is 43.0 Å². The molecule has 0 N–H and O–H groups in total. The highest BCUT2D eigenvalue weighted by Gasteiger charge is 2.29. The maximum Gasteiger partial charge on any atom is 0.178 e. The van der Waals surface area contributed by atoms with Crippen LogP contribution in [-0.2, 0) is 4.74 Å². The van der Waals surface area contributed by atoms with Crippen molar-refractivity contribution in [1.82, 2.24) is 4.90 Å². The first-order valence-electron chi connectivity index (χ1n) is 6.29. The monoisotopic (exact) mass is 301 g/mol. The highest BCUT2D eigenvalue weighted by molar-refractivity contribution is 6.36. The van der Waals surface area contributed by atoms with E-state index in [-0.39, 0.29) is 17.9 Å². The molecule has 5 heteroatoms. The molecule has 0 bridgehead atoms. The minimum atomic E-state index is 0.00302. The van der Waals surface area contributed by atoms with E-state index in [9.17, 15) is 4.79 Å². The number of benzene rings is 1. The Morgan fingerprint density at radius 1 is 1.47 bits per heavy atom. The molecule has 0 aliphatic carbocycles. The third kappa shape index (κ3) is 3.48. The molecule has 0 radical (unpaired) electrons. The fourth-order valence-electron chi connectivity index (χ4n) is 2.44. The van der Waals surface area contributed by atoms with E-state index >= 15 is 0 Å². The van der Waals surface area contributed by atoms with Gasteiger partial charge in [0.15, 0.2) is 5.78 Å². The molecule has 1 aliphatic rings. The quantitative estimate of drug-likeness (QED) is 0.799. The zero-order valence-corrected chi connectivity index (χ0v) is 12.5. The van der Waals surface area contributed by atoms with E-state index in [1.165, 1.54) is 0 Å². The lowest BCUT2D eigenvalue weighted by molar-refractivity contribution is 0.0746. The summed E-state index contributed by atoms with van der Waals surface area (Å²) in [5, 5.41) is 0.939. The smallest absolute Gasteiger partial charge is 0.178 e. The molecule has 2 rings (SSSR count). The van der Waals surface area contributed by atoms with E-state index in [0.29, 0.717) is 22.2 Å². The van der Waals surface area contributed by atoms with Crippen molar-refractivity contribution in [2.45, 2.75) is 25.5 Å². The highest BCUT2D eigenvalue weighted by Crippen LogP contribution is 2.23. The largest absolute Gasteiger partial charge is 0.377 e. The van der Waals surface area contributed by atoms with Gasteiger partial charge in [0.1, 0.15) is 0 Å². The molecule has 0 spiro atoms. The van der Waals surface area contributed by atoms with E-state index in [1.807, 2.05) is 18.9 Å². The molecule has 0 amide bonds. The Bertz CT molecular complexity index is 479. The minimum Gasteiger partial charge on any atom is -0.377 e. The predicted octanol–water partition coefficient (Wildman–Crippen LogP) is 3.29. The Hall–Kier alpha value is -0.610. The van der Waals surface area contributed by atoms with Crippen LogP contribution in [0, 0.1) is 0 Å². The number of likely N-dealkylation sites (N-methyl/N-ethyl adjacent to an activating group) is 1. The van der Waals surface area contributed by atoms with Crippen LogP contribution in [0.4, 0.5) is 0 Å². The zero-order valence-electron chi connectivity index (χ0n) is 11.0. The molecule has 0 saturated carbocycles. The van der Waals surface area contributed by atoms with Gasteiger partial charge in [-0.3, -0.25) is 9.69 Å². The van der Waals surface area contributed by atoms with Crippen LogP contribution in [0.2, 0.25) is 10.0 Å². The Balaban J connectivity index is 2.04. The van der Waals surface area contributed by atoms with E-state index in [2.05, 4.69) is 0 Å². The van der Waals surface area contributed by atoms with Gasteiger partial charge in [-0.15, -0.1) is 0 Å². The van der Waals surface area contributed by atoms with Crippen molar-refractivity contribution in [3.05, 3.63) is 33.8 Å². The van der Waals surface area contributed by atoms with Crippen molar-refractivity contribution >= 4 is 29.0 Å². The van der Waals surface area contributed by atoms with Gasteiger partial charge in [-0.05, 0) is 38.6 Å². The van der Waals surface area contributed by atoms with E-state index in [1.54, 1.807) is 18.2 Å². The second kappa shape index (κ2) is 6.23. The molecule has 1 aromatic rings. The van der Waals surface area contributed by atoms with Crippen molar-refractivity contribution in [2.75, 3.05) is 20.2 Å². The van der Waals surface area contributed by atoms with Gasteiger partial charge in [-0.2, -0.15) is 0 Å². The summed E-state index contributed by atoms with van der Waals surface area (Å²) in [5.74, 6) is 0.00302. The predicted molar refractivity (Wildman–Crippen MR) is 77.2 cm³/mol. The Kier molecular flexibility index (Phi) is 4.85. The SMILES string of the molecule is CC1OCCC1N(C)CC(=O)c1ccc(Cl)cc1Cl. The highest BCUT2D eigenvalue weighted by atomic mass is 35.5. The molecule has 1 fully saturated rings. The van der Waals surface area contributed by atoms with Crippen molar-refractivity contribution in [3.63, 3.8) is 0 Å². The number of nitrogens with zero attached hydrogens (tertiary/aromatic N) is 1. The van der Waals surface area contributed by atoms with Crippen LogP contribution in [0.5, 0.6) is 0 Å². The average molecular weight is 302 g/mol. The second-order valence-corrected chi connectivity index (χ2v) is 5.74. The number of ether oxygens (including phenoxy) is 1. The van der Waals surface area contributed by atoms with Crippen LogP contribution in [0.15, 0.2) is 18.2 Å². The zero-order chi connectivity index (χ0) is 14.0. The van der Waals surface area contributed by atoms with Crippen LogP contribution < -0.4 is 0 Å². The van der Waals surface area contributed by atoms with E-state index < -0.39 is 0 Å². The average Bonchev–Trinajstić information content (AvgIpc) is 2.75.